The van der Waals surface area contributed by atoms with Crippen molar-refractivity contribution in [1.29, 1.82) is 0 Å². The van der Waals surface area contributed by atoms with Gasteiger partial charge < -0.3 is 11.1 Å². The van der Waals surface area contributed by atoms with Crippen LogP contribution in [0.25, 0.3) is 0 Å². The fourth-order valence-corrected chi connectivity index (χ4v) is 2.09. The molecular weight excluding hydrogens is 362 g/mol. The van der Waals surface area contributed by atoms with E-state index in [1.165, 1.54) is 6.20 Å². The van der Waals surface area contributed by atoms with Crippen LogP contribution in [0.1, 0.15) is 10.5 Å². The van der Waals surface area contributed by atoms with Crippen LogP contribution in [-0.2, 0) is 0 Å². The molecule has 0 unspecified atom stereocenters. The second-order valence-electron chi connectivity index (χ2n) is 3.52. The number of anilines is 2. The van der Waals surface area contributed by atoms with E-state index >= 15 is 0 Å². The Kier molecular flexibility index (Phi) is 3.98. The van der Waals surface area contributed by atoms with Gasteiger partial charge in [-0.25, -0.2) is 4.98 Å². The number of halogens is 2. The second-order valence-corrected chi connectivity index (χ2v) is 5.29. The standard InChI is InChI=1S/C12H9Br2N3O/c13-7-3-4-8(14)10(6-7)17-12(18)11-9(15)2-1-5-16-11/h1-6H,15H2,(H,17,18). The van der Waals surface area contributed by atoms with Gasteiger partial charge in [0.1, 0.15) is 0 Å². The number of aromatic nitrogens is 1. The van der Waals surface area contributed by atoms with Gasteiger partial charge in [-0.3, -0.25) is 4.79 Å². The van der Waals surface area contributed by atoms with Gasteiger partial charge in [-0.15, -0.1) is 0 Å². The molecular formula is C12H9Br2N3O. The zero-order valence-corrected chi connectivity index (χ0v) is 12.3. The highest BCUT2D eigenvalue weighted by Gasteiger charge is 2.12. The first kappa shape index (κ1) is 13.0. The lowest BCUT2D eigenvalue weighted by molar-refractivity contribution is 0.102. The molecule has 0 radical (unpaired) electrons. The van der Waals surface area contributed by atoms with E-state index < -0.39 is 0 Å². The summed E-state index contributed by atoms with van der Waals surface area (Å²) in [5.41, 5.74) is 6.91. The number of nitrogen functional groups attached to an aromatic ring is 1. The summed E-state index contributed by atoms with van der Waals surface area (Å²) in [4.78, 5) is 16.0. The average molecular weight is 371 g/mol. The summed E-state index contributed by atoms with van der Waals surface area (Å²) in [6.45, 7) is 0. The maximum Gasteiger partial charge on any atom is 0.276 e. The third kappa shape index (κ3) is 2.88. The number of nitrogens with two attached hydrogens (primary N) is 1. The van der Waals surface area contributed by atoms with E-state index in [2.05, 4.69) is 42.2 Å². The number of rotatable bonds is 2. The number of nitrogens with zero attached hydrogens (tertiary/aromatic N) is 1. The molecule has 0 bridgehead atoms. The summed E-state index contributed by atoms with van der Waals surface area (Å²) in [7, 11) is 0. The fraction of sp³-hybridized carbons (Fsp3) is 0. The van der Waals surface area contributed by atoms with Crippen molar-refractivity contribution in [2.24, 2.45) is 0 Å². The topological polar surface area (TPSA) is 68.0 Å². The van der Waals surface area contributed by atoms with Gasteiger partial charge in [-0.05, 0) is 46.3 Å². The van der Waals surface area contributed by atoms with Crippen LogP contribution >= 0.6 is 31.9 Å². The lowest BCUT2D eigenvalue weighted by Gasteiger charge is -2.08. The summed E-state index contributed by atoms with van der Waals surface area (Å²) in [6, 6.07) is 8.82. The first-order chi connectivity index (χ1) is 8.58. The summed E-state index contributed by atoms with van der Waals surface area (Å²) in [5, 5.41) is 2.75. The monoisotopic (exact) mass is 369 g/mol. The fourth-order valence-electron chi connectivity index (χ4n) is 1.38. The molecule has 0 spiro atoms. The van der Waals surface area contributed by atoms with Crippen molar-refractivity contribution in [1.82, 2.24) is 4.98 Å². The quantitative estimate of drug-likeness (QED) is 0.850. The van der Waals surface area contributed by atoms with Crippen LogP contribution in [0, 0.1) is 0 Å². The van der Waals surface area contributed by atoms with Crippen molar-refractivity contribution in [3.63, 3.8) is 0 Å². The number of hydrogen-bond acceptors (Lipinski definition) is 3. The summed E-state index contributed by atoms with van der Waals surface area (Å²) in [5.74, 6) is -0.341. The van der Waals surface area contributed by atoms with Crippen LogP contribution in [0.3, 0.4) is 0 Å². The number of carbonyl (C=O) groups is 1. The van der Waals surface area contributed by atoms with Gasteiger partial charge in [0.15, 0.2) is 5.69 Å². The average Bonchev–Trinajstić information content (AvgIpc) is 2.34. The molecule has 1 aromatic carbocycles. The molecule has 92 valence electrons. The van der Waals surface area contributed by atoms with Crippen molar-refractivity contribution >= 4 is 49.1 Å². The summed E-state index contributed by atoms with van der Waals surface area (Å²) >= 11 is 6.71. The molecule has 0 aliphatic carbocycles. The van der Waals surface area contributed by atoms with Gasteiger partial charge in [0.25, 0.3) is 5.91 Å². The normalized spacial score (nSPS) is 10.1. The molecule has 4 nitrogen and oxygen atoms in total. The van der Waals surface area contributed by atoms with Crippen LogP contribution in [0.4, 0.5) is 11.4 Å². The molecule has 0 atom stereocenters. The van der Waals surface area contributed by atoms with E-state index in [0.29, 0.717) is 11.4 Å². The smallest absolute Gasteiger partial charge is 0.276 e. The lowest BCUT2D eigenvalue weighted by Crippen LogP contribution is -2.16. The number of hydrogen-bond donors (Lipinski definition) is 2. The third-order valence-corrected chi connectivity index (χ3v) is 3.42. The first-order valence-corrected chi connectivity index (χ1v) is 6.63. The minimum atomic E-state index is -0.341. The van der Waals surface area contributed by atoms with Gasteiger partial charge in [0.05, 0.1) is 11.4 Å². The number of carbonyl (C=O) groups excluding carboxylic acids is 1. The zero-order chi connectivity index (χ0) is 13.1. The Morgan fingerprint density at radius 3 is 2.78 bits per heavy atom. The summed E-state index contributed by atoms with van der Waals surface area (Å²) < 4.78 is 1.66. The van der Waals surface area contributed by atoms with E-state index in [4.69, 9.17) is 5.73 Å². The van der Waals surface area contributed by atoms with Crippen LogP contribution < -0.4 is 11.1 Å². The Labute approximate surface area is 121 Å². The van der Waals surface area contributed by atoms with E-state index in [1.807, 2.05) is 12.1 Å². The number of amides is 1. The second kappa shape index (κ2) is 5.49. The van der Waals surface area contributed by atoms with Gasteiger partial charge >= 0.3 is 0 Å². The Hall–Kier alpha value is -1.40. The molecule has 1 heterocycles. The molecule has 0 saturated carbocycles. The Morgan fingerprint density at radius 2 is 2.06 bits per heavy atom. The maximum atomic E-state index is 12.0. The highest BCUT2D eigenvalue weighted by Crippen LogP contribution is 2.26. The predicted molar refractivity (Wildman–Crippen MR) is 78.4 cm³/mol. The number of nitrogens with one attached hydrogen (secondary N) is 1. The van der Waals surface area contributed by atoms with Crippen molar-refractivity contribution in [3.05, 3.63) is 51.2 Å². The maximum absolute atomic E-state index is 12.0. The Balaban J connectivity index is 2.27. The molecule has 1 amide bonds. The molecule has 1 aromatic heterocycles. The van der Waals surface area contributed by atoms with Crippen molar-refractivity contribution in [3.8, 4) is 0 Å². The van der Waals surface area contributed by atoms with E-state index in [-0.39, 0.29) is 11.6 Å². The van der Waals surface area contributed by atoms with Crippen LogP contribution in [-0.4, -0.2) is 10.9 Å². The molecule has 6 heteroatoms. The van der Waals surface area contributed by atoms with Crippen molar-refractivity contribution in [2.75, 3.05) is 11.1 Å². The SMILES string of the molecule is Nc1cccnc1C(=O)Nc1cc(Br)ccc1Br. The molecule has 0 aliphatic rings. The molecule has 0 saturated heterocycles. The minimum Gasteiger partial charge on any atom is -0.397 e. The molecule has 0 aliphatic heterocycles. The Morgan fingerprint density at radius 1 is 1.28 bits per heavy atom. The molecule has 18 heavy (non-hydrogen) atoms. The molecule has 0 fully saturated rings. The molecule has 2 aromatic rings. The van der Waals surface area contributed by atoms with E-state index in [9.17, 15) is 4.79 Å². The van der Waals surface area contributed by atoms with E-state index in [1.54, 1.807) is 18.2 Å². The van der Waals surface area contributed by atoms with Crippen LogP contribution in [0.2, 0.25) is 0 Å². The Bertz CT molecular complexity index is 602. The number of pyridine rings is 1. The van der Waals surface area contributed by atoms with Crippen molar-refractivity contribution in [2.45, 2.75) is 0 Å². The van der Waals surface area contributed by atoms with Crippen LogP contribution in [0.15, 0.2) is 45.5 Å². The minimum absolute atomic E-state index is 0.212. The zero-order valence-electron chi connectivity index (χ0n) is 9.15. The lowest BCUT2D eigenvalue weighted by atomic mass is 10.2. The molecule has 2 rings (SSSR count). The van der Waals surface area contributed by atoms with Crippen LogP contribution in [0.5, 0.6) is 0 Å². The number of benzene rings is 1. The highest BCUT2D eigenvalue weighted by molar-refractivity contribution is 9.11. The predicted octanol–water partition coefficient (Wildman–Crippen LogP) is 3.44. The van der Waals surface area contributed by atoms with Gasteiger partial charge in [0.2, 0.25) is 0 Å². The largest absolute Gasteiger partial charge is 0.397 e. The first-order valence-electron chi connectivity index (χ1n) is 5.05. The van der Waals surface area contributed by atoms with Gasteiger partial charge in [0, 0.05) is 15.1 Å². The van der Waals surface area contributed by atoms with E-state index in [0.717, 1.165) is 8.95 Å². The van der Waals surface area contributed by atoms with Gasteiger partial charge in [-0.1, -0.05) is 15.9 Å². The molecule has 3 N–H and O–H groups in total. The highest BCUT2D eigenvalue weighted by atomic mass is 79.9. The summed E-state index contributed by atoms with van der Waals surface area (Å²) in [6.07, 6.45) is 1.53. The van der Waals surface area contributed by atoms with Crippen molar-refractivity contribution < 1.29 is 4.79 Å². The van der Waals surface area contributed by atoms with Gasteiger partial charge in [-0.2, -0.15) is 0 Å². The third-order valence-electron chi connectivity index (χ3n) is 2.23.